The average Bonchev–Trinajstić information content (AvgIpc) is 2.88. The van der Waals surface area contributed by atoms with Crippen molar-refractivity contribution < 1.29 is 23.8 Å². The van der Waals surface area contributed by atoms with E-state index in [0.717, 1.165) is 0 Å². The van der Waals surface area contributed by atoms with E-state index in [1.807, 2.05) is 6.07 Å². The normalized spacial score (nSPS) is 21.2. The molecular formula is C18H17N3O5. The molecule has 1 aromatic carbocycles. The topological polar surface area (TPSA) is 124 Å². The third-order valence-electron chi connectivity index (χ3n) is 4.31. The van der Waals surface area contributed by atoms with Gasteiger partial charge >= 0.3 is 0 Å². The van der Waals surface area contributed by atoms with Gasteiger partial charge in [-0.05, 0) is 13.0 Å². The van der Waals surface area contributed by atoms with Gasteiger partial charge in [0.15, 0.2) is 11.2 Å². The molecule has 8 nitrogen and oxygen atoms in total. The second-order valence-corrected chi connectivity index (χ2v) is 5.76. The molecule has 0 bridgehead atoms. The number of nitrogens with zero attached hydrogens (tertiary/aromatic N) is 1. The Hall–Kier alpha value is -3.31. The molecule has 26 heavy (non-hydrogen) atoms. The van der Waals surface area contributed by atoms with E-state index in [1.54, 1.807) is 24.3 Å². The van der Waals surface area contributed by atoms with Gasteiger partial charge in [0.25, 0.3) is 5.95 Å². The Balaban J connectivity index is 2.30. The van der Waals surface area contributed by atoms with Gasteiger partial charge in [-0.2, -0.15) is 5.26 Å². The van der Waals surface area contributed by atoms with E-state index in [9.17, 15) is 14.9 Å². The van der Waals surface area contributed by atoms with Crippen LogP contribution in [0, 0.1) is 11.3 Å². The zero-order valence-corrected chi connectivity index (χ0v) is 14.3. The number of nitrogens with two attached hydrogens (primary N) is 1. The zero-order chi connectivity index (χ0) is 18.9. The summed E-state index contributed by atoms with van der Waals surface area (Å²) in [6.45, 7) is 1.60. The van der Waals surface area contributed by atoms with Gasteiger partial charge in [0, 0.05) is 18.4 Å². The first-order valence-electron chi connectivity index (χ1n) is 7.85. The highest BCUT2D eigenvalue weighted by Crippen LogP contribution is 2.51. The van der Waals surface area contributed by atoms with Gasteiger partial charge in [0.2, 0.25) is 11.8 Å². The number of Topliss-reactive ketones (excluding diaryl/α,β-unsaturated/α-hetero) is 1. The van der Waals surface area contributed by atoms with Gasteiger partial charge in [0.05, 0.1) is 6.61 Å². The minimum Gasteiger partial charge on any atom is -0.462 e. The maximum Gasteiger partial charge on any atom is 0.294 e. The summed E-state index contributed by atoms with van der Waals surface area (Å²) < 4.78 is 15.8. The summed E-state index contributed by atoms with van der Waals surface area (Å²) >= 11 is 0. The quantitative estimate of drug-likeness (QED) is 0.757. The minimum atomic E-state index is -1.71. The summed E-state index contributed by atoms with van der Waals surface area (Å²) in [6, 6.07) is 8.74. The molecule has 2 heterocycles. The number of rotatable bonds is 5. The number of nitriles is 1. The number of ketones is 1. The van der Waals surface area contributed by atoms with Crippen molar-refractivity contribution in [3.63, 3.8) is 0 Å². The van der Waals surface area contributed by atoms with Gasteiger partial charge in [0.1, 0.15) is 23.8 Å². The van der Waals surface area contributed by atoms with Crippen LogP contribution in [0.3, 0.4) is 0 Å². The molecule has 0 fully saturated rings. The smallest absolute Gasteiger partial charge is 0.294 e. The van der Waals surface area contributed by atoms with Crippen LogP contribution in [-0.2, 0) is 29.2 Å². The summed E-state index contributed by atoms with van der Waals surface area (Å²) in [5.41, 5.74) is 4.94. The SMILES string of the molecule is COCCOC1=C(C(C)=O)C2(C(=O)Nc3ccccc32)C(C#N)=C(N)O1. The number of para-hydroxylation sites is 1. The summed E-state index contributed by atoms with van der Waals surface area (Å²) in [7, 11) is 1.50. The van der Waals surface area contributed by atoms with Crippen LogP contribution in [0.5, 0.6) is 0 Å². The number of benzene rings is 1. The van der Waals surface area contributed by atoms with Crippen molar-refractivity contribution >= 4 is 17.4 Å². The lowest BCUT2D eigenvalue weighted by Crippen LogP contribution is -2.45. The maximum absolute atomic E-state index is 13.0. The number of nitrogens with one attached hydrogen (secondary N) is 1. The number of methoxy groups -OCH3 is 1. The monoisotopic (exact) mass is 355 g/mol. The van der Waals surface area contributed by atoms with Gasteiger partial charge in [-0.1, -0.05) is 18.2 Å². The highest BCUT2D eigenvalue weighted by Gasteiger charge is 2.59. The number of carbonyl (C=O) groups is 2. The van der Waals surface area contributed by atoms with Crippen LogP contribution >= 0.6 is 0 Å². The van der Waals surface area contributed by atoms with E-state index >= 15 is 0 Å². The van der Waals surface area contributed by atoms with Crippen LogP contribution in [0.15, 0.2) is 47.2 Å². The molecule has 1 spiro atoms. The highest BCUT2D eigenvalue weighted by atomic mass is 16.7. The molecule has 0 aliphatic carbocycles. The average molecular weight is 355 g/mol. The summed E-state index contributed by atoms with van der Waals surface area (Å²) in [5.74, 6) is -1.50. The first-order chi connectivity index (χ1) is 12.5. The molecule has 8 heteroatoms. The van der Waals surface area contributed by atoms with Gasteiger partial charge < -0.3 is 25.3 Å². The summed E-state index contributed by atoms with van der Waals surface area (Å²) in [4.78, 5) is 25.6. The third-order valence-corrected chi connectivity index (χ3v) is 4.31. The molecule has 1 atom stereocenters. The van der Waals surface area contributed by atoms with Crippen LogP contribution in [0.1, 0.15) is 12.5 Å². The lowest BCUT2D eigenvalue weighted by atomic mass is 9.68. The first-order valence-corrected chi connectivity index (χ1v) is 7.85. The standard InChI is InChI=1S/C18H17N3O5/c1-10(22)14-16(25-8-7-24-2)26-15(20)12(9-19)18(14)11-5-3-4-6-13(11)21-17(18)23/h3-6H,7-8,20H2,1-2H3,(H,21,23). The Labute approximate surface area is 149 Å². The van der Waals surface area contributed by atoms with Crippen molar-refractivity contribution in [1.82, 2.24) is 0 Å². The lowest BCUT2D eigenvalue weighted by Gasteiger charge is -2.33. The predicted octanol–water partition coefficient (Wildman–Crippen LogP) is 1.06. The maximum atomic E-state index is 13.0. The van der Waals surface area contributed by atoms with E-state index in [-0.39, 0.29) is 36.2 Å². The number of carbonyl (C=O) groups excluding carboxylic acids is 2. The first kappa shape index (κ1) is 17.5. The lowest BCUT2D eigenvalue weighted by molar-refractivity contribution is -0.122. The molecule has 134 valence electrons. The van der Waals surface area contributed by atoms with Crippen molar-refractivity contribution in [2.45, 2.75) is 12.3 Å². The Kier molecular flexibility index (Phi) is 4.40. The molecule has 1 amide bonds. The van der Waals surface area contributed by atoms with Gasteiger partial charge in [-0.25, -0.2) is 0 Å². The largest absolute Gasteiger partial charge is 0.462 e. The fourth-order valence-corrected chi connectivity index (χ4v) is 3.28. The van der Waals surface area contributed by atoms with E-state index in [4.69, 9.17) is 19.9 Å². The number of ether oxygens (including phenoxy) is 3. The minimum absolute atomic E-state index is 0.0678. The van der Waals surface area contributed by atoms with Crippen LogP contribution in [0.4, 0.5) is 5.69 Å². The van der Waals surface area contributed by atoms with Gasteiger partial charge in [-0.3, -0.25) is 9.59 Å². The molecule has 0 saturated heterocycles. The Bertz CT molecular complexity index is 896. The van der Waals surface area contributed by atoms with E-state index in [2.05, 4.69) is 5.32 Å². The zero-order valence-electron chi connectivity index (χ0n) is 14.3. The number of amides is 1. The Morgan fingerprint density at radius 3 is 2.77 bits per heavy atom. The molecule has 1 unspecified atom stereocenters. The van der Waals surface area contributed by atoms with E-state index in [0.29, 0.717) is 11.3 Å². The second kappa shape index (κ2) is 6.54. The number of hydrogen-bond donors (Lipinski definition) is 2. The highest BCUT2D eigenvalue weighted by molar-refractivity contribution is 6.18. The van der Waals surface area contributed by atoms with E-state index in [1.165, 1.54) is 14.0 Å². The Morgan fingerprint density at radius 1 is 1.38 bits per heavy atom. The van der Waals surface area contributed by atoms with Gasteiger partial charge in [-0.15, -0.1) is 0 Å². The number of hydrogen-bond acceptors (Lipinski definition) is 7. The summed E-state index contributed by atoms with van der Waals surface area (Å²) in [6.07, 6.45) is 0. The molecular weight excluding hydrogens is 338 g/mol. The molecule has 3 rings (SSSR count). The fraction of sp³-hybridized carbons (Fsp3) is 0.278. The molecule has 2 aliphatic heterocycles. The van der Waals surface area contributed by atoms with Crippen LogP contribution in [0.25, 0.3) is 0 Å². The molecule has 2 aliphatic rings. The predicted molar refractivity (Wildman–Crippen MR) is 90.2 cm³/mol. The molecule has 0 aromatic heterocycles. The number of anilines is 1. The van der Waals surface area contributed by atoms with Crippen molar-refractivity contribution in [2.24, 2.45) is 5.73 Å². The van der Waals surface area contributed by atoms with Crippen molar-refractivity contribution in [1.29, 1.82) is 5.26 Å². The molecule has 0 radical (unpaired) electrons. The number of fused-ring (bicyclic) bond motifs is 2. The molecule has 3 N–H and O–H groups in total. The third kappa shape index (κ3) is 2.33. The second-order valence-electron chi connectivity index (χ2n) is 5.76. The summed E-state index contributed by atoms with van der Waals surface area (Å²) in [5, 5.41) is 12.4. The Morgan fingerprint density at radius 2 is 2.12 bits per heavy atom. The van der Waals surface area contributed by atoms with Crippen molar-refractivity contribution in [2.75, 3.05) is 25.6 Å². The fourth-order valence-electron chi connectivity index (χ4n) is 3.28. The van der Waals surface area contributed by atoms with E-state index < -0.39 is 17.1 Å². The van der Waals surface area contributed by atoms with Crippen LogP contribution in [-0.4, -0.2) is 32.0 Å². The van der Waals surface area contributed by atoms with Crippen molar-refractivity contribution in [3.8, 4) is 6.07 Å². The van der Waals surface area contributed by atoms with Crippen molar-refractivity contribution in [3.05, 3.63) is 52.8 Å². The van der Waals surface area contributed by atoms with Crippen LogP contribution in [0.2, 0.25) is 0 Å². The van der Waals surface area contributed by atoms with Crippen LogP contribution < -0.4 is 11.1 Å². The molecule has 0 saturated carbocycles. The molecule has 1 aromatic rings.